The van der Waals surface area contributed by atoms with Crippen molar-refractivity contribution in [1.29, 1.82) is 0 Å². The lowest BCUT2D eigenvalue weighted by Gasteiger charge is -2.26. The number of aliphatic hydroxyl groups is 2. The van der Waals surface area contributed by atoms with E-state index in [0.29, 0.717) is 22.4 Å². The molecule has 2 atom stereocenters. The van der Waals surface area contributed by atoms with Crippen LogP contribution in [-0.4, -0.2) is 71.2 Å². The Bertz CT molecular complexity index is 1070. The van der Waals surface area contributed by atoms with Crippen LogP contribution in [0.1, 0.15) is 22.8 Å². The summed E-state index contributed by atoms with van der Waals surface area (Å²) in [6.45, 7) is 0.133. The number of hydrogen-bond donors (Lipinski definition) is 4. The maximum atomic E-state index is 13.3. The summed E-state index contributed by atoms with van der Waals surface area (Å²) in [5.41, 5.74) is 3.10. The van der Waals surface area contributed by atoms with Gasteiger partial charge in [0.1, 0.15) is 6.04 Å². The van der Waals surface area contributed by atoms with E-state index in [-0.39, 0.29) is 12.5 Å². The van der Waals surface area contributed by atoms with E-state index in [1.54, 1.807) is 42.5 Å². The van der Waals surface area contributed by atoms with Gasteiger partial charge >= 0.3 is 5.97 Å². The zero-order chi connectivity index (χ0) is 24.1. The van der Waals surface area contributed by atoms with Gasteiger partial charge in [0.15, 0.2) is 6.04 Å². The largest absolute Gasteiger partial charge is 0.467 e. The third kappa shape index (κ3) is 5.02. The lowest BCUT2D eigenvalue weighted by molar-refractivity contribution is -0.147. The van der Waals surface area contributed by atoms with Crippen LogP contribution in [-0.2, 0) is 25.7 Å². The van der Waals surface area contributed by atoms with Crippen molar-refractivity contribution < 1.29 is 34.1 Å². The molecule has 1 heterocycles. The minimum Gasteiger partial charge on any atom is -0.467 e. The molecule has 0 bridgehead atoms. The third-order valence-electron chi connectivity index (χ3n) is 5.32. The Balaban J connectivity index is 1.86. The molecule has 0 spiro atoms. The van der Waals surface area contributed by atoms with Gasteiger partial charge in [0.25, 0.3) is 5.91 Å². The summed E-state index contributed by atoms with van der Waals surface area (Å²) >= 11 is 0. The van der Waals surface area contributed by atoms with Crippen LogP contribution >= 0.6 is 0 Å². The monoisotopic (exact) mass is 455 g/mol. The maximum Gasteiger partial charge on any atom is 0.330 e. The van der Waals surface area contributed by atoms with Crippen molar-refractivity contribution in [2.75, 3.05) is 25.6 Å². The molecule has 1 aliphatic rings. The number of nitrogens with one attached hydrogen (secondary N) is 2. The number of ether oxygens (including phenoxy) is 1. The van der Waals surface area contributed by atoms with Crippen molar-refractivity contribution in [1.82, 2.24) is 10.2 Å². The first-order valence-electron chi connectivity index (χ1n) is 10.2. The number of benzene rings is 2. The molecule has 2 aromatic rings. The summed E-state index contributed by atoms with van der Waals surface area (Å²) in [7, 11) is 1.12. The highest BCUT2D eigenvalue weighted by Crippen LogP contribution is 2.34. The summed E-state index contributed by atoms with van der Waals surface area (Å²) in [5, 5.41) is 24.2. The average Bonchev–Trinajstić information content (AvgIpc) is 3.14. The molecule has 2 aromatic carbocycles. The molecule has 1 aliphatic heterocycles. The van der Waals surface area contributed by atoms with Gasteiger partial charge in [-0.3, -0.25) is 14.4 Å². The van der Waals surface area contributed by atoms with Crippen LogP contribution in [0.15, 0.2) is 42.5 Å². The number of rotatable bonds is 8. The number of fused-ring (bicyclic) bond motifs is 1. The van der Waals surface area contributed by atoms with Gasteiger partial charge in [-0.1, -0.05) is 30.3 Å². The normalized spacial score (nSPS) is 14.3. The fourth-order valence-electron chi connectivity index (χ4n) is 3.72. The number of anilines is 1. The minimum absolute atomic E-state index is 0.0899. The highest BCUT2D eigenvalue weighted by Gasteiger charge is 2.38. The Hall–Kier alpha value is -3.76. The van der Waals surface area contributed by atoms with E-state index >= 15 is 0 Å². The topological polar surface area (TPSA) is 145 Å². The first kappa shape index (κ1) is 23.9. The highest BCUT2D eigenvalue weighted by molar-refractivity contribution is 6.06. The second-order valence-electron chi connectivity index (χ2n) is 7.50. The molecule has 0 saturated heterocycles. The van der Waals surface area contributed by atoms with Crippen LogP contribution in [0, 0.1) is 0 Å². The first-order chi connectivity index (χ1) is 15.8. The summed E-state index contributed by atoms with van der Waals surface area (Å²) in [5.74, 6) is -2.27. The van der Waals surface area contributed by atoms with Crippen molar-refractivity contribution in [2.24, 2.45) is 0 Å². The highest BCUT2D eigenvalue weighted by atomic mass is 16.5. The van der Waals surface area contributed by atoms with Crippen LogP contribution in [0.2, 0.25) is 0 Å². The summed E-state index contributed by atoms with van der Waals surface area (Å²) in [6.07, 6.45) is 0. The van der Waals surface area contributed by atoms with Crippen molar-refractivity contribution in [3.8, 4) is 11.1 Å². The SMILES string of the molecule is COC(=O)[C@H](CO)NC(=O)[C@H](CO)N1Cc2cccc(-c3ccc(NC(C)=O)cc3)c2C1=O. The Labute approximate surface area is 190 Å². The zero-order valence-electron chi connectivity index (χ0n) is 18.2. The Morgan fingerprint density at radius 3 is 2.36 bits per heavy atom. The van der Waals surface area contributed by atoms with E-state index in [1.807, 2.05) is 0 Å². The van der Waals surface area contributed by atoms with E-state index in [4.69, 9.17) is 0 Å². The van der Waals surface area contributed by atoms with Crippen LogP contribution in [0.5, 0.6) is 0 Å². The molecular formula is C23H25N3O7. The van der Waals surface area contributed by atoms with Gasteiger partial charge in [-0.2, -0.15) is 0 Å². The second-order valence-corrected chi connectivity index (χ2v) is 7.50. The molecule has 3 rings (SSSR count). The van der Waals surface area contributed by atoms with Crippen LogP contribution in [0.4, 0.5) is 5.69 Å². The van der Waals surface area contributed by atoms with Crippen LogP contribution in [0.25, 0.3) is 11.1 Å². The average molecular weight is 455 g/mol. The molecule has 0 unspecified atom stereocenters. The molecule has 3 amide bonds. The number of carbonyl (C=O) groups is 4. The van der Waals surface area contributed by atoms with Crippen LogP contribution < -0.4 is 10.6 Å². The van der Waals surface area contributed by atoms with E-state index < -0.39 is 43.1 Å². The molecule has 0 aliphatic carbocycles. The summed E-state index contributed by atoms with van der Waals surface area (Å²) < 4.78 is 4.53. The molecule has 0 saturated carbocycles. The molecule has 4 N–H and O–H groups in total. The fraction of sp³-hybridized carbons (Fsp3) is 0.304. The van der Waals surface area contributed by atoms with E-state index in [0.717, 1.165) is 12.7 Å². The molecule has 33 heavy (non-hydrogen) atoms. The number of methoxy groups -OCH3 is 1. The minimum atomic E-state index is -1.31. The van der Waals surface area contributed by atoms with Crippen LogP contribution in [0.3, 0.4) is 0 Å². The van der Waals surface area contributed by atoms with Crippen molar-refractivity contribution in [3.05, 3.63) is 53.6 Å². The standard InChI is InChI=1S/C23H25N3O7/c1-13(29)24-16-8-6-14(7-9-16)17-5-3-4-15-10-26(22(31)20(15)17)19(12-28)21(30)25-18(11-27)23(32)33-2/h3-9,18-19,27-28H,10-12H2,1-2H3,(H,24,29)(H,25,30)/t18-,19-/m0/s1. The van der Waals surface area contributed by atoms with Gasteiger partial charge in [0.2, 0.25) is 11.8 Å². The zero-order valence-corrected chi connectivity index (χ0v) is 18.2. The van der Waals surface area contributed by atoms with Gasteiger partial charge in [-0.05, 0) is 28.8 Å². The molecule has 0 radical (unpaired) electrons. The first-order valence-corrected chi connectivity index (χ1v) is 10.2. The van der Waals surface area contributed by atoms with Gasteiger partial charge in [0, 0.05) is 19.2 Å². The van der Waals surface area contributed by atoms with Crippen molar-refractivity contribution in [3.63, 3.8) is 0 Å². The number of esters is 1. The molecular weight excluding hydrogens is 430 g/mol. The van der Waals surface area contributed by atoms with E-state index in [9.17, 15) is 29.4 Å². The Kier molecular flexibility index (Phi) is 7.41. The summed E-state index contributed by atoms with van der Waals surface area (Å²) in [6, 6.07) is 9.75. The number of aliphatic hydroxyl groups excluding tert-OH is 2. The fourth-order valence-corrected chi connectivity index (χ4v) is 3.72. The van der Waals surface area contributed by atoms with Gasteiger partial charge in [-0.25, -0.2) is 4.79 Å². The van der Waals surface area contributed by atoms with Gasteiger partial charge < -0.3 is 30.5 Å². The van der Waals surface area contributed by atoms with Crippen molar-refractivity contribution >= 4 is 29.4 Å². The van der Waals surface area contributed by atoms with Crippen molar-refractivity contribution in [2.45, 2.75) is 25.6 Å². The van der Waals surface area contributed by atoms with E-state index in [1.165, 1.54) is 11.8 Å². The van der Waals surface area contributed by atoms with Gasteiger partial charge in [-0.15, -0.1) is 0 Å². The maximum absolute atomic E-state index is 13.3. The molecule has 0 fully saturated rings. The predicted octanol–water partition coefficient (Wildman–Crippen LogP) is 0.279. The smallest absolute Gasteiger partial charge is 0.330 e. The molecule has 0 aromatic heterocycles. The quantitative estimate of drug-likeness (QED) is 0.418. The lowest BCUT2D eigenvalue weighted by atomic mass is 9.96. The predicted molar refractivity (Wildman–Crippen MR) is 118 cm³/mol. The number of carbonyl (C=O) groups excluding carboxylic acids is 4. The number of hydrogen-bond acceptors (Lipinski definition) is 7. The van der Waals surface area contributed by atoms with E-state index in [2.05, 4.69) is 15.4 Å². The molecule has 174 valence electrons. The number of nitrogens with zero attached hydrogens (tertiary/aromatic N) is 1. The second kappa shape index (κ2) is 10.2. The Morgan fingerprint density at radius 1 is 1.09 bits per heavy atom. The lowest BCUT2D eigenvalue weighted by Crippen LogP contribution is -2.54. The number of amides is 3. The Morgan fingerprint density at radius 2 is 1.79 bits per heavy atom. The van der Waals surface area contributed by atoms with Gasteiger partial charge in [0.05, 0.1) is 25.9 Å². The molecule has 10 heteroatoms. The summed E-state index contributed by atoms with van der Waals surface area (Å²) in [4.78, 5) is 50.1. The molecule has 10 nitrogen and oxygen atoms in total. The third-order valence-corrected chi connectivity index (χ3v) is 5.32.